The van der Waals surface area contributed by atoms with Gasteiger partial charge in [-0.15, -0.1) is 0 Å². The van der Waals surface area contributed by atoms with Crippen LogP contribution in [0.4, 0.5) is 5.69 Å². The van der Waals surface area contributed by atoms with E-state index in [1.807, 2.05) is 18.2 Å². The minimum absolute atomic E-state index is 0.420. The molecule has 2 rings (SSSR count). The summed E-state index contributed by atoms with van der Waals surface area (Å²) < 4.78 is 6.48. The Morgan fingerprint density at radius 1 is 1.42 bits per heavy atom. The van der Waals surface area contributed by atoms with Gasteiger partial charge in [-0.1, -0.05) is 6.07 Å². The van der Waals surface area contributed by atoms with Crippen molar-refractivity contribution in [3.8, 4) is 5.75 Å². The van der Waals surface area contributed by atoms with Gasteiger partial charge in [-0.2, -0.15) is 0 Å². The van der Waals surface area contributed by atoms with Crippen LogP contribution in [0.2, 0.25) is 0 Å². The van der Waals surface area contributed by atoms with Crippen LogP contribution in [0.15, 0.2) is 22.7 Å². The molecule has 1 aliphatic carbocycles. The van der Waals surface area contributed by atoms with Gasteiger partial charge in [0.2, 0.25) is 0 Å². The monoisotopic (exact) mass is 227 g/mol. The molecular weight excluding hydrogens is 218 g/mol. The third-order valence-corrected chi connectivity index (χ3v) is 2.66. The Morgan fingerprint density at radius 2 is 2.17 bits per heavy atom. The van der Waals surface area contributed by atoms with Crippen molar-refractivity contribution in [1.82, 2.24) is 0 Å². The summed E-state index contributed by atoms with van der Waals surface area (Å²) in [6, 6.07) is 5.68. The van der Waals surface area contributed by atoms with Crippen molar-refractivity contribution in [2.75, 3.05) is 5.73 Å². The normalized spacial score (nSPS) is 16.1. The van der Waals surface area contributed by atoms with Crippen LogP contribution in [0.3, 0.4) is 0 Å². The van der Waals surface area contributed by atoms with E-state index in [4.69, 9.17) is 10.5 Å². The van der Waals surface area contributed by atoms with E-state index in [9.17, 15) is 0 Å². The summed E-state index contributed by atoms with van der Waals surface area (Å²) >= 11 is 3.39. The van der Waals surface area contributed by atoms with E-state index in [0.29, 0.717) is 6.10 Å². The molecule has 0 bridgehead atoms. The largest absolute Gasteiger partial charge is 0.489 e. The van der Waals surface area contributed by atoms with Gasteiger partial charge in [0, 0.05) is 5.69 Å². The van der Waals surface area contributed by atoms with E-state index in [1.54, 1.807) is 0 Å². The van der Waals surface area contributed by atoms with E-state index in [1.165, 1.54) is 12.8 Å². The SMILES string of the molecule is Nc1cccc(OC2CC2)c1Br. The van der Waals surface area contributed by atoms with E-state index < -0.39 is 0 Å². The fourth-order valence-electron chi connectivity index (χ4n) is 0.984. The van der Waals surface area contributed by atoms with Gasteiger partial charge >= 0.3 is 0 Å². The molecule has 0 heterocycles. The Kier molecular flexibility index (Phi) is 1.97. The van der Waals surface area contributed by atoms with Gasteiger partial charge in [0.25, 0.3) is 0 Å². The first-order valence-electron chi connectivity index (χ1n) is 3.98. The van der Waals surface area contributed by atoms with Gasteiger partial charge in [-0.3, -0.25) is 0 Å². The molecule has 2 N–H and O–H groups in total. The number of anilines is 1. The first-order chi connectivity index (χ1) is 5.77. The zero-order chi connectivity index (χ0) is 8.55. The lowest BCUT2D eigenvalue weighted by Gasteiger charge is -2.07. The molecule has 0 aliphatic heterocycles. The number of benzene rings is 1. The molecule has 0 spiro atoms. The summed E-state index contributed by atoms with van der Waals surface area (Å²) in [5.74, 6) is 0.859. The second kappa shape index (κ2) is 2.98. The number of hydrogen-bond acceptors (Lipinski definition) is 2. The van der Waals surface area contributed by atoms with Crippen molar-refractivity contribution in [2.24, 2.45) is 0 Å². The molecule has 0 atom stereocenters. The van der Waals surface area contributed by atoms with Crippen LogP contribution in [-0.2, 0) is 0 Å². The zero-order valence-electron chi connectivity index (χ0n) is 6.59. The molecular formula is C9H10BrNO. The number of nitrogens with two attached hydrogens (primary N) is 1. The highest BCUT2D eigenvalue weighted by atomic mass is 79.9. The van der Waals surface area contributed by atoms with E-state index in [2.05, 4.69) is 15.9 Å². The van der Waals surface area contributed by atoms with Crippen LogP contribution >= 0.6 is 15.9 Å². The second-order valence-corrected chi connectivity index (χ2v) is 3.77. The maximum atomic E-state index is 5.69. The summed E-state index contributed by atoms with van der Waals surface area (Å²) in [4.78, 5) is 0. The van der Waals surface area contributed by atoms with E-state index >= 15 is 0 Å². The van der Waals surface area contributed by atoms with Crippen molar-refractivity contribution < 1.29 is 4.74 Å². The van der Waals surface area contributed by atoms with Gasteiger partial charge in [0.15, 0.2) is 0 Å². The van der Waals surface area contributed by atoms with Crippen molar-refractivity contribution in [1.29, 1.82) is 0 Å². The standard InChI is InChI=1S/C9H10BrNO/c10-9-7(11)2-1-3-8(9)12-6-4-5-6/h1-3,6H,4-5,11H2. The van der Waals surface area contributed by atoms with E-state index in [-0.39, 0.29) is 0 Å². The molecule has 2 nitrogen and oxygen atoms in total. The molecule has 0 amide bonds. The summed E-state index contributed by atoms with van der Waals surface area (Å²) in [5, 5.41) is 0. The van der Waals surface area contributed by atoms with Gasteiger partial charge < -0.3 is 10.5 Å². The molecule has 1 aromatic carbocycles. The molecule has 64 valence electrons. The quantitative estimate of drug-likeness (QED) is 0.789. The Balaban J connectivity index is 2.23. The number of nitrogen functional groups attached to an aromatic ring is 1. The number of halogens is 1. The lowest BCUT2D eigenvalue weighted by atomic mass is 10.3. The lowest BCUT2D eigenvalue weighted by Crippen LogP contribution is -1.98. The van der Waals surface area contributed by atoms with Gasteiger partial charge in [-0.05, 0) is 40.9 Å². The number of hydrogen-bond donors (Lipinski definition) is 1. The third-order valence-electron chi connectivity index (χ3n) is 1.81. The maximum absolute atomic E-state index is 5.69. The predicted octanol–water partition coefficient (Wildman–Crippen LogP) is 2.57. The van der Waals surface area contributed by atoms with Crippen molar-refractivity contribution in [3.63, 3.8) is 0 Å². The molecule has 0 aromatic heterocycles. The molecule has 1 aromatic rings. The first-order valence-corrected chi connectivity index (χ1v) is 4.77. The lowest BCUT2D eigenvalue weighted by molar-refractivity contribution is 0.301. The average Bonchev–Trinajstić information content (AvgIpc) is 2.83. The Bertz CT molecular complexity index is 297. The Hall–Kier alpha value is -0.700. The summed E-state index contributed by atoms with van der Waals surface area (Å²) in [5.41, 5.74) is 6.42. The fourth-order valence-corrected chi connectivity index (χ4v) is 1.34. The van der Waals surface area contributed by atoms with Crippen LogP contribution < -0.4 is 10.5 Å². The van der Waals surface area contributed by atoms with Crippen molar-refractivity contribution in [2.45, 2.75) is 18.9 Å². The minimum Gasteiger partial charge on any atom is -0.489 e. The van der Waals surface area contributed by atoms with Crippen molar-refractivity contribution in [3.05, 3.63) is 22.7 Å². The Labute approximate surface area is 79.8 Å². The summed E-state index contributed by atoms with van der Waals surface area (Å²) in [6.45, 7) is 0. The van der Waals surface area contributed by atoms with Crippen LogP contribution in [0, 0.1) is 0 Å². The van der Waals surface area contributed by atoms with E-state index in [0.717, 1.165) is 15.9 Å². The third kappa shape index (κ3) is 1.55. The molecule has 3 heteroatoms. The molecule has 1 fully saturated rings. The summed E-state index contributed by atoms with van der Waals surface area (Å²) in [6.07, 6.45) is 2.76. The smallest absolute Gasteiger partial charge is 0.135 e. The highest BCUT2D eigenvalue weighted by molar-refractivity contribution is 9.10. The molecule has 1 aliphatic rings. The summed E-state index contributed by atoms with van der Waals surface area (Å²) in [7, 11) is 0. The highest BCUT2D eigenvalue weighted by Gasteiger charge is 2.24. The Morgan fingerprint density at radius 3 is 2.83 bits per heavy atom. The average molecular weight is 228 g/mol. The van der Waals surface area contributed by atoms with Crippen LogP contribution in [0.25, 0.3) is 0 Å². The maximum Gasteiger partial charge on any atom is 0.135 e. The molecule has 0 radical (unpaired) electrons. The molecule has 12 heavy (non-hydrogen) atoms. The van der Waals surface area contributed by atoms with Crippen LogP contribution in [0.5, 0.6) is 5.75 Å². The molecule has 0 saturated heterocycles. The predicted molar refractivity (Wildman–Crippen MR) is 52.2 cm³/mol. The van der Waals surface area contributed by atoms with Gasteiger partial charge in [-0.25, -0.2) is 0 Å². The van der Waals surface area contributed by atoms with Gasteiger partial charge in [0.05, 0.1) is 10.6 Å². The highest BCUT2D eigenvalue weighted by Crippen LogP contribution is 2.34. The topological polar surface area (TPSA) is 35.2 Å². The number of ether oxygens (including phenoxy) is 1. The fraction of sp³-hybridized carbons (Fsp3) is 0.333. The minimum atomic E-state index is 0.420. The van der Waals surface area contributed by atoms with Crippen molar-refractivity contribution >= 4 is 21.6 Å². The molecule has 0 unspecified atom stereocenters. The zero-order valence-corrected chi connectivity index (χ0v) is 8.17. The van der Waals surface area contributed by atoms with Gasteiger partial charge in [0.1, 0.15) is 5.75 Å². The van der Waals surface area contributed by atoms with Crippen LogP contribution in [0.1, 0.15) is 12.8 Å². The molecule has 1 saturated carbocycles. The van der Waals surface area contributed by atoms with Crippen LogP contribution in [-0.4, -0.2) is 6.10 Å². The first kappa shape index (κ1) is 7.92. The second-order valence-electron chi connectivity index (χ2n) is 2.98. The number of rotatable bonds is 2.